The number of fused-ring (bicyclic) bond motifs is 2. The van der Waals surface area contributed by atoms with E-state index in [9.17, 15) is 9.59 Å². The van der Waals surface area contributed by atoms with Crippen LogP contribution in [0.1, 0.15) is 56.9 Å². The van der Waals surface area contributed by atoms with Gasteiger partial charge in [0.2, 0.25) is 5.76 Å². The zero-order valence-electron chi connectivity index (χ0n) is 21.9. The van der Waals surface area contributed by atoms with Crippen molar-refractivity contribution in [2.75, 3.05) is 20.8 Å². The van der Waals surface area contributed by atoms with Gasteiger partial charge in [-0.25, -0.2) is 0 Å². The van der Waals surface area contributed by atoms with Crippen molar-refractivity contribution in [2.24, 2.45) is 0 Å². The van der Waals surface area contributed by atoms with E-state index in [2.05, 4.69) is 19.1 Å². The molecular formula is C31H31NO5. The minimum atomic E-state index is -0.518. The van der Waals surface area contributed by atoms with Gasteiger partial charge in [0.25, 0.3) is 5.91 Å². The van der Waals surface area contributed by atoms with Crippen LogP contribution in [0.2, 0.25) is 0 Å². The van der Waals surface area contributed by atoms with Gasteiger partial charge in [-0.3, -0.25) is 9.59 Å². The van der Waals surface area contributed by atoms with Crippen molar-refractivity contribution in [3.05, 3.63) is 104 Å². The Morgan fingerprint density at radius 1 is 0.865 bits per heavy atom. The van der Waals surface area contributed by atoms with Crippen LogP contribution in [0.15, 0.2) is 63.8 Å². The molecule has 1 aliphatic rings. The predicted molar refractivity (Wildman–Crippen MR) is 144 cm³/mol. The molecule has 1 atom stereocenters. The molecule has 0 radical (unpaired) electrons. The molecule has 0 N–H and O–H groups in total. The number of carbonyl (C=O) groups excluding carboxylic acids is 1. The largest absolute Gasteiger partial charge is 0.493 e. The SMILES string of the molecule is CCc1ccc(C2c3c(oc4cc(C)c(C)cc4c3=O)C(=O)N2CCc2ccc(OC)c(OC)c2)cc1. The highest BCUT2D eigenvalue weighted by molar-refractivity contribution is 5.99. The highest BCUT2D eigenvalue weighted by Crippen LogP contribution is 2.39. The number of amides is 1. The van der Waals surface area contributed by atoms with Crippen LogP contribution in [-0.2, 0) is 12.8 Å². The Balaban J connectivity index is 1.60. The first-order valence-electron chi connectivity index (χ1n) is 12.5. The van der Waals surface area contributed by atoms with Gasteiger partial charge in [-0.1, -0.05) is 37.3 Å². The van der Waals surface area contributed by atoms with E-state index in [0.717, 1.165) is 28.7 Å². The van der Waals surface area contributed by atoms with E-state index in [-0.39, 0.29) is 17.1 Å². The molecule has 6 nitrogen and oxygen atoms in total. The van der Waals surface area contributed by atoms with E-state index in [1.807, 2.05) is 56.3 Å². The van der Waals surface area contributed by atoms with Crippen LogP contribution in [0.3, 0.4) is 0 Å². The van der Waals surface area contributed by atoms with Gasteiger partial charge >= 0.3 is 0 Å². The standard InChI is InChI=1S/C31H31NO5/c1-6-20-7-10-22(11-8-20)28-27-29(33)23-15-18(2)19(3)16-25(23)37-30(27)31(34)32(28)14-13-21-9-12-24(35-4)26(17-21)36-5/h7-12,15-17,28H,6,13-14H2,1-5H3. The molecule has 3 aromatic carbocycles. The molecule has 1 aromatic heterocycles. The molecule has 1 amide bonds. The fourth-order valence-corrected chi connectivity index (χ4v) is 5.07. The topological polar surface area (TPSA) is 69.0 Å². The maximum atomic E-state index is 13.8. The van der Waals surface area contributed by atoms with E-state index in [4.69, 9.17) is 13.9 Å². The summed E-state index contributed by atoms with van der Waals surface area (Å²) in [5, 5.41) is 0.506. The van der Waals surface area contributed by atoms with Gasteiger partial charge in [-0.15, -0.1) is 0 Å². The molecule has 0 aliphatic carbocycles. The zero-order valence-corrected chi connectivity index (χ0v) is 21.9. The molecule has 0 saturated carbocycles. The number of ether oxygens (including phenoxy) is 2. The number of aryl methyl sites for hydroxylation is 3. The molecule has 2 heterocycles. The first-order chi connectivity index (χ1) is 17.9. The fraction of sp³-hybridized carbons (Fsp3) is 0.290. The number of hydrogen-bond donors (Lipinski definition) is 0. The predicted octanol–water partition coefficient (Wildman–Crippen LogP) is 5.78. The first-order valence-corrected chi connectivity index (χ1v) is 12.5. The van der Waals surface area contributed by atoms with Crippen molar-refractivity contribution in [3.63, 3.8) is 0 Å². The van der Waals surface area contributed by atoms with Crippen LogP contribution in [-0.4, -0.2) is 31.6 Å². The van der Waals surface area contributed by atoms with E-state index in [1.54, 1.807) is 19.1 Å². The molecule has 0 fully saturated rings. The molecule has 6 heteroatoms. The minimum absolute atomic E-state index is 0.137. The second-order valence-corrected chi connectivity index (χ2v) is 9.54. The quantitative estimate of drug-likeness (QED) is 0.324. The highest BCUT2D eigenvalue weighted by Gasteiger charge is 2.42. The van der Waals surface area contributed by atoms with Gasteiger partial charge in [-0.05, 0) is 78.8 Å². The molecule has 5 rings (SSSR count). The number of carbonyl (C=O) groups is 1. The van der Waals surface area contributed by atoms with Crippen LogP contribution < -0.4 is 14.9 Å². The maximum absolute atomic E-state index is 13.8. The number of methoxy groups -OCH3 is 2. The summed E-state index contributed by atoms with van der Waals surface area (Å²) in [6.07, 6.45) is 1.49. The highest BCUT2D eigenvalue weighted by atomic mass is 16.5. The summed E-state index contributed by atoms with van der Waals surface area (Å²) in [4.78, 5) is 29.3. The summed E-state index contributed by atoms with van der Waals surface area (Å²) in [6, 6.07) is 17.1. The van der Waals surface area contributed by atoms with Crippen molar-refractivity contribution in [2.45, 2.75) is 39.7 Å². The Labute approximate surface area is 216 Å². The molecule has 4 aromatic rings. The Bertz CT molecular complexity index is 1550. The third-order valence-corrected chi connectivity index (χ3v) is 7.38. The van der Waals surface area contributed by atoms with Gasteiger partial charge in [-0.2, -0.15) is 0 Å². The molecule has 0 bridgehead atoms. The molecule has 0 spiro atoms. The number of hydrogen-bond acceptors (Lipinski definition) is 5. The van der Waals surface area contributed by atoms with E-state index in [0.29, 0.717) is 41.0 Å². The summed E-state index contributed by atoms with van der Waals surface area (Å²) in [6.45, 7) is 6.46. The second kappa shape index (κ2) is 9.77. The Hall–Kier alpha value is -4.06. The van der Waals surface area contributed by atoms with Gasteiger partial charge in [0.15, 0.2) is 16.9 Å². The summed E-state index contributed by atoms with van der Waals surface area (Å²) in [5.41, 5.74) is 5.83. The van der Waals surface area contributed by atoms with Gasteiger partial charge < -0.3 is 18.8 Å². The van der Waals surface area contributed by atoms with Crippen LogP contribution in [0.5, 0.6) is 11.5 Å². The average molecular weight is 498 g/mol. The third-order valence-electron chi connectivity index (χ3n) is 7.38. The lowest BCUT2D eigenvalue weighted by Crippen LogP contribution is -2.31. The molecule has 0 saturated heterocycles. The number of benzene rings is 3. The summed E-state index contributed by atoms with van der Waals surface area (Å²) >= 11 is 0. The van der Waals surface area contributed by atoms with E-state index < -0.39 is 6.04 Å². The van der Waals surface area contributed by atoms with E-state index >= 15 is 0 Å². The Kier molecular flexibility index (Phi) is 6.50. The van der Waals surface area contributed by atoms with Gasteiger partial charge in [0.1, 0.15) is 5.58 Å². The summed E-state index contributed by atoms with van der Waals surface area (Å²) in [5.74, 6) is 1.16. The van der Waals surface area contributed by atoms with Crippen LogP contribution in [0.4, 0.5) is 0 Å². The van der Waals surface area contributed by atoms with Crippen molar-refractivity contribution >= 4 is 16.9 Å². The lowest BCUT2D eigenvalue weighted by Gasteiger charge is -2.25. The summed E-state index contributed by atoms with van der Waals surface area (Å²) in [7, 11) is 3.20. The first kappa shape index (κ1) is 24.6. The van der Waals surface area contributed by atoms with Gasteiger partial charge in [0.05, 0.1) is 31.2 Å². The molecule has 37 heavy (non-hydrogen) atoms. The fourth-order valence-electron chi connectivity index (χ4n) is 5.07. The van der Waals surface area contributed by atoms with Gasteiger partial charge in [0, 0.05) is 6.54 Å². The second-order valence-electron chi connectivity index (χ2n) is 9.54. The van der Waals surface area contributed by atoms with Crippen molar-refractivity contribution in [1.82, 2.24) is 4.90 Å². The molecule has 1 unspecified atom stereocenters. The average Bonchev–Trinajstić information content (AvgIpc) is 3.19. The molecule has 190 valence electrons. The lowest BCUT2D eigenvalue weighted by molar-refractivity contribution is 0.0730. The Morgan fingerprint density at radius 2 is 1.54 bits per heavy atom. The van der Waals surface area contributed by atoms with Crippen LogP contribution in [0, 0.1) is 13.8 Å². The number of nitrogens with zero attached hydrogens (tertiary/aromatic N) is 1. The smallest absolute Gasteiger partial charge is 0.290 e. The Morgan fingerprint density at radius 3 is 2.22 bits per heavy atom. The van der Waals surface area contributed by atoms with Crippen LogP contribution >= 0.6 is 0 Å². The van der Waals surface area contributed by atoms with Crippen LogP contribution in [0.25, 0.3) is 11.0 Å². The molecular weight excluding hydrogens is 466 g/mol. The van der Waals surface area contributed by atoms with Crippen molar-refractivity contribution in [1.29, 1.82) is 0 Å². The maximum Gasteiger partial charge on any atom is 0.290 e. The number of rotatable bonds is 7. The van der Waals surface area contributed by atoms with E-state index in [1.165, 1.54) is 5.56 Å². The monoisotopic (exact) mass is 497 g/mol. The molecule has 1 aliphatic heterocycles. The normalized spacial score (nSPS) is 14.8. The third kappa shape index (κ3) is 4.26. The van der Waals surface area contributed by atoms with Crippen molar-refractivity contribution < 1.29 is 18.7 Å². The van der Waals surface area contributed by atoms with Crippen molar-refractivity contribution in [3.8, 4) is 11.5 Å². The zero-order chi connectivity index (χ0) is 26.3. The lowest BCUT2D eigenvalue weighted by atomic mass is 9.96. The minimum Gasteiger partial charge on any atom is -0.493 e. The summed E-state index contributed by atoms with van der Waals surface area (Å²) < 4.78 is 17.0.